The van der Waals surface area contributed by atoms with Crippen LogP contribution in [-0.2, 0) is 4.74 Å². The van der Waals surface area contributed by atoms with Crippen LogP contribution in [0.1, 0.15) is 6.42 Å². The van der Waals surface area contributed by atoms with E-state index in [1.165, 1.54) is 0 Å². The molecule has 0 bridgehead atoms. The van der Waals surface area contributed by atoms with Gasteiger partial charge in [0.2, 0.25) is 0 Å². The van der Waals surface area contributed by atoms with Crippen LogP contribution in [0.15, 0.2) is 0 Å². The van der Waals surface area contributed by atoms with E-state index in [-0.39, 0.29) is 0 Å². The van der Waals surface area contributed by atoms with E-state index in [4.69, 9.17) is 0 Å². The van der Waals surface area contributed by atoms with Crippen molar-refractivity contribution < 1.29 is 22.3 Å². The Balaban J connectivity index is 2.20. The number of alkyl halides is 4. The summed E-state index contributed by atoms with van der Waals surface area (Å²) in [6.45, 7) is -3.08. The molecule has 0 N–H and O–H groups in total. The van der Waals surface area contributed by atoms with Crippen molar-refractivity contribution in [2.24, 2.45) is 0 Å². The lowest BCUT2D eigenvalue weighted by Gasteiger charge is -1.97. The summed E-state index contributed by atoms with van der Waals surface area (Å²) in [7, 11) is 0. The zero-order valence-electron chi connectivity index (χ0n) is 4.28. The minimum atomic E-state index is -3.08. The molecule has 5 heteroatoms. The molecule has 1 fully saturated rings. The fourth-order valence-electron chi connectivity index (χ4n) is 0.460. The fourth-order valence-corrected chi connectivity index (χ4v) is 0.460. The summed E-state index contributed by atoms with van der Waals surface area (Å²) in [5.74, 6) is -3.00. The van der Waals surface area contributed by atoms with Crippen molar-refractivity contribution in [1.29, 1.82) is 0 Å². The van der Waals surface area contributed by atoms with Crippen LogP contribution in [-0.4, -0.2) is 18.6 Å². The Kier molecular flexibility index (Phi) is 1.38. The molecule has 0 spiro atoms. The van der Waals surface area contributed by atoms with Gasteiger partial charge in [0, 0.05) is 6.42 Å². The van der Waals surface area contributed by atoms with E-state index in [9.17, 15) is 17.6 Å². The first-order valence-electron chi connectivity index (χ1n) is 2.34. The average Bonchev–Trinajstić information content (AvgIpc) is 2.10. The summed E-state index contributed by atoms with van der Waals surface area (Å²) >= 11 is 0. The van der Waals surface area contributed by atoms with Gasteiger partial charge in [0.1, 0.15) is 6.10 Å². The maximum absolute atomic E-state index is 11.7. The van der Waals surface area contributed by atoms with Crippen LogP contribution >= 0.6 is 0 Å². The van der Waals surface area contributed by atoms with Gasteiger partial charge in [-0.15, -0.1) is 0 Å². The van der Waals surface area contributed by atoms with Gasteiger partial charge in [0.25, 0.3) is 5.92 Å². The molecule has 0 radical (unpaired) electrons. The normalized spacial score (nSPS) is 31.0. The zero-order valence-corrected chi connectivity index (χ0v) is 4.28. The highest BCUT2D eigenvalue weighted by Crippen LogP contribution is 2.44. The van der Waals surface area contributed by atoms with Gasteiger partial charge in [-0.2, -0.15) is 8.78 Å². The molecular formula is C4H4F4O. The predicted molar refractivity (Wildman–Crippen MR) is 20.4 cm³/mol. The molecule has 0 aromatic rings. The number of ether oxygens (including phenoxy) is 1. The lowest BCUT2D eigenvalue weighted by molar-refractivity contribution is -0.156. The first kappa shape index (κ1) is 6.80. The van der Waals surface area contributed by atoms with E-state index in [0.717, 1.165) is 0 Å². The van der Waals surface area contributed by atoms with Crippen molar-refractivity contribution in [3.8, 4) is 0 Å². The second kappa shape index (κ2) is 1.83. The van der Waals surface area contributed by atoms with Gasteiger partial charge in [0.15, 0.2) is 0 Å². The average molecular weight is 144 g/mol. The topological polar surface area (TPSA) is 9.23 Å². The summed E-state index contributed by atoms with van der Waals surface area (Å²) in [6, 6.07) is 0. The smallest absolute Gasteiger partial charge is 0.313 e. The van der Waals surface area contributed by atoms with Crippen LogP contribution in [0, 0.1) is 0 Å². The van der Waals surface area contributed by atoms with Crippen molar-refractivity contribution >= 4 is 0 Å². The molecule has 1 aliphatic carbocycles. The Morgan fingerprint density at radius 1 is 1.44 bits per heavy atom. The van der Waals surface area contributed by atoms with Crippen molar-refractivity contribution in [3.63, 3.8) is 0 Å². The van der Waals surface area contributed by atoms with Gasteiger partial charge in [-0.05, 0) is 0 Å². The van der Waals surface area contributed by atoms with Gasteiger partial charge in [-0.3, -0.25) is 0 Å². The van der Waals surface area contributed by atoms with Gasteiger partial charge in [0.05, 0.1) is 0 Å². The van der Waals surface area contributed by atoms with Crippen molar-refractivity contribution in [2.45, 2.75) is 25.1 Å². The van der Waals surface area contributed by atoms with E-state index >= 15 is 0 Å². The molecule has 54 valence electrons. The van der Waals surface area contributed by atoms with Crippen LogP contribution in [0.3, 0.4) is 0 Å². The summed E-state index contributed by atoms with van der Waals surface area (Å²) in [4.78, 5) is 0. The largest absolute Gasteiger partial charge is 0.345 e. The zero-order chi connectivity index (χ0) is 7.07. The Bertz CT molecular complexity index is 113. The summed E-state index contributed by atoms with van der Waals surface area (Å²) < 4.78 is 49.1. The van der Waals surface area contributed by atoms with Crippen LogP contribution in [0.25, 0.3) is 0 Å². The summed E-state index contributed by atoms with van der Waals surface area (Å²) in [5.41, 5.74) is 0. The molecular weight excluding hydrogens is 140 g/mol. The molecule has 9 heavy (non-hydrogen) atoms. The SMILES string of the molecule is FC(F)OC1CC1(F)F. The molecule has 1 nitrogen and oxygen atoms in total. The Morgan fingerprint density at radius 2 is 1.89 bits per heavy atom. The maximum atomic E-state index is 11.7. The Morgan fingerprint density at radius 3 is 2.00 bits per heavy atom. The Labute approximate surface area is 48.6 Å². The van der Waals surface area contributed by atoms with E-state index < -0.39 is 25.1 Å². The summed E-state index contributed by atoms with van der Waals surface area (Å²) in [5, 5.41) is 0. The number of hydrogen-bond acceptors (Lipinski definition) is 1. The van der Waals surface area contributed by atoms with Crippen molar-refractivity contribution in [1.82, 2.24) is 0 Å². The number of halogens is 4. The first-order valence-corrected chi connectivity index (χ1v) is 2.34. The first-order chi connectivity index (χ1) is 4.02. The third kappa shape index (κ3) is 1.54. The molecule has 1 aliphatic rings. The van der Waals surface area contributed by atoms with Crippen LogP contribution in [0.5, 0.6) is 0 Å². The molecule has 0 aromatic heterocycles. The van der Waals surface area contributed by atoms with Crippen LogP contribution < -0.4 is 0 Å². The number of hydrogen-bond donors (Lipinski definition) is 0. The second-order valence-electron chi connectivity index (χ2n) is 1.85. The van der Waals surface area contributed by atoms with E-state index in [2.05, 4.69) is 4.74 Å². The van der Waals surface area contributed by atoms with Gasteiger partial charge < -0.3 is 4.74 Å². The molecule has 0 saturated heterocycles. The lowest BCUT2D eigenvalue weighted by Crippen LogP contribution is -2.07. The molecule has 0 aromatic carbocycles. The highest BCUT2D eigenvalue weighted by atomic mass is 19.3. The molecule has 0 aliphatic heterocycles. The molecule has 1 unspecified atom stereocenters. The van der Waals surface area contributed by atoms with E-state index in [0.29, 0.717) is 0 Å². The highest BCUT2D eigenvalue weighted by Gasteiger charge is 2.59. The number of rotatable bonds is 2. The van der Waals surface area contributed by atoms with Crippen LogP contribution in [0.2, 0.25) is 0 Å². The Hall–Kier alpha value is -0.320. The van der Waals surface area contributed by atoms with Crippen molar-refractivity contribution in [3.05, 3.63) is 0 Å². The summed E-state index contributed by atoms with van der Waals surface area (Å²) in [6.07, 6.45) is -2.12. The third-order valence-electron chi connectivity index (χ3n) is 1.04. The minimum Gasteiger partial charge on any atom is -0.313 e. The van der Waals surface area contributed by atoms with Gasteiger partial charge >= 0.3 is 6.61 Å². The van der Waals surface area contributed by atoms with Gasteiger partial charge in [-0.25, -0.2) is 8.78 Å². The van der Waals surface area contributed by atoms with Gasteiger partial charge in [-0.1, -0.05) is 0 Å². The van der Waals surface area contributed by atoms with Crippen LogP contribution in [0.4, 0.5) is 17.6 Å². The molecule has 0 heterocycles. The van der Waals surface area contributed by atoms with E-state index in [1.807, 2.05) is 0 Å². The quantitative estimate of drug-likeness (QED) is 0.535. The lowest BCUT2D eigenvalue weighted by atomic mass is 10.8. The monoisotopic (exact) mass is 144 g/mol. The molecule has 1 rings (SSSR count). The predicted octanol–water partition coefficient (Wildman–Crippen LogP) is 1.63. The molecule has 0 amide bonds. The molecule has 1 saturated carbocycles. The highest BCUT2D eigenvalue weighted by molar-refractivity contribution is 4.96. The third-order valence-corrected chi connectivity index (χ3v) is 1.04. The second-order valence-corrected chi connectivity index (χ2v) is 1.85. The van der Waals surface area contributed by atoms with E-state index in [1.54, 1.807) is 0 Å². The van der Waals surface area contributed by atoms with Crippen molar-refractivity contribution in [2.75, 3.05) is 0 Å². The maximum Gasteiger partial charge on any atom is 0.345 e. The standard InChI is InChI=1S/C4H4F4O/c5-3(6)9-2-1-4(2,7)8/h2-3H,1H2. The fraction of sp³-hybridized carbons (Fsp3) is 1.00. The minimum absolute atomic E-state index is 0.572. The molecule has 1 atom stereocenters.